The van der Waals surface area contributed by atoms with E-state index in [4.69, 9.17) is 0 Å². The van der Waals surface area contributed by atoms with E-state index in [2.05, 4.69) is 571 Å². The summed E-state index contributed by atoms with van der Waals surface area (Å²) in [5.74, 6) is 10.3. The molecule has 0 aliphatic rings. The van der Waals surface area contributed by atoms with Crippen molar-refractivity contribution in [2.75, 3.05) is 0 Å². The molecule has 0 saturated carbocycles. The second-order valence-electron chi connectivity index (χ2n) is 41.5. The minimum atomic E-state index is 0.372. The summed E-state index contributed by atoms with van der Waals surface area (Å²) in [5.41, 5.74) is 38.3. The summed E-state index contributed by atoms with van der Waals surface area (Å²) in [4.78, 5) is 0. The van der Waals surface area contributed by atoms with Crippen LogP contribution in [0.5, 0.6) is 0 Å². The van der Waals surface area contributed by atoms with E-state index in [0.29, 0.717) is 47.3 Å². The molecule has 16 nitrogen and oxygen atoms in total. The van der Waals surface area contributed by atoms with Crippen LogP contribution in [0.4, 0.5) is 0 Å². The minimum Gasteiger partial charge on any atom is -0.232 e. The topological polar surface area (TPSA) is 70.5 Å². The Hall–Kier alpha value is -15.2. The van der Waals surface area contributed by atoms with Crippen molar-refractivity contribution in [2.45, 2.75) is 186 Å². The SMILES string of the molecule is Cc1c(-c2n(-c3c(C(C)C)cccc3C(C)C)c3ccccc3[n+]2C)cccc1-c1n(-c2c(C(C)C)cccc2C(C)C)c2ccccc2[n+]1C.Cc1c(-c2n(-c3c(C(C)C)cccc3C(C)C)cc[n+]2C)cccc1-c1n(-c2c(C(C)C)cccc2C(C)C)cc[n+]1C.Cc1c(-c2n(-c3ccccc3)cc[n+]2C)cccc1-c1n(-c2ccccc2)cc[n+]1C.Cc1c(-n2ccc[n+]2C)cccc1-n1ccc[n+]1C. The molecular formula is C128H148N16+8. The van der Waals surface area contributed by atoms with Gasteiger partial charge in [-0.05, 0) is 189 Å². The molecule has 0 atom stereocenters. The number of aryl methyl sites for hydroxylation is 8. The number of imidazole rings is 6. The number of nitrogens with zero attached hydrogens (tertiary/aromatic N) is 16. The zero-order valence-electron chi connectivity index (χ0n) is 90.1. The average molecular weight is 1910 g/mol. The Bertz CT molecular complexity index is 7490. The van der Waals surface area contributed by atoms with Crippen LogP contribution in [0.15, 0.2) is 341 Å². The van der Waals surface area contributed by atoms with Gasteiger partial charge in [0.15, 0.2) is 48.6 Å². The highest BCUT2D eigenvalue weighted by Gasteiger charge is 2.39. The van der Waals surface area contributed by atoms with Gasteiger partial charge in [0.05, 0.1) is 88.1 Å². The normalized spacial score (nSPS) is 11.7. The van der Waals surface area contributed by atoms with Crippen molar-refractivity contribution in [3.8, 4) is 114 Å². The fraction of sp³-hybridized carbons (Fsp3) is 0.281. The van der Waals surface area contributed by atoms with Crippen molar-refractivity contribution < 1.29 is 36.8 Å². The van der Waals surface area contributed by atoms with E-state index >= 15 is 0 Å². The van der Waals surface area contributed by atoms with Crippen LogP contribution in [0.1, 0.15) is 225 Å². The van der Waals surface area contributed by atoms with Crippen LogP contribution in [0, 0.1) is 27.7 Å². The number of benzene rings is 12. The van der Waals surface area contributed by atoms with E-state index in [0.717, 1.165) is 23.0 Å². The molecule has 732 valence electrons. The van der Waals surface area contributed by atoms with Crippen LogP contribution >= 0.6 is 0 Å². The molecule has 144 heavy (non-hydrogen) atoms. The third-order valence-corrected chi connectivity index (χ3v) is 29.4. The van der Waals surface area contributed by atoms with Crippen molar-refractivity contribution >= 4 is 22.1 Å². The van der Waals surface area contributed by atoms with Gasteiger partial charge in [-0.3, -0.25) is 0 Å². The summed E-state index contributed by atoms with van der Waals surface area (Å²) < 4.78 is 36.7. The summed E-state index contributed by atoms with van der Waals surface area (Å²) >= 11 is 0. The fourth-order valence-electron chi connectivity index (χ4n) is 21.8. The van der Waals surface area contributed by atoms with E-state index in [1.807, 2.05) is 38.6 Å². The van der Waals surface area contributed by atoms with E-state index in [1.165, 1.54) is 180 Å². The molecule has 20 aromatic rings. The lowest BCUT2D eigenvalue weighted by atomic mass is 9.91. The fourth-order valence-corrected chi connectivity index (χ4v) is 21.8. The second-order valence-corrected chi connectivity index (χ2v) is 41.5. The molecule has 0 amide bonds. The first-order valence-corrected chi connectivity index (χ1v) is 51.6. The van der Waals surface area contributed by atoms with Gasteiger partial charge in [0.25, 0.3) is 34.9 Å². The molecule has 0 radical (unpaired) electrons. The summed E-state index contributed by atoms with van der Waals surface area (Å²) in [6, 6.07) is 96.9. The molecule has 0 unspecified atom stereocenters. The minimum absolute atomic E-state index is 0.372. The molecule has 8 heterocycles. The molecule has 20 rings (SSSR count). The predicted octanol–water partition coefficient (Wildman–Crippen LogP) is 26.2. The number of rotatable bonds is 22. The highest BCUT2D eigenvalue weighted by Crippen LogP contribution is 2.45. The van der Waals surface area contributed by atoms with Crippen LogP contribution in [-0.4, -0.2) is 36.8 Å². The number of para-hydroxylation sites is 10. The maximum absolute atomic E-state index is 2.56. The van der Waals surface area contributed by atoms with E-state index in [-0.39, 0.29) is 0 Å². The molecule has 0 fully saturated rings. The number of hydrogen-bond acceptors (Lipinski definition) is 0. The molecule has 0 bridgehead atoms. The van der Waals surface area contributed by atoms with Gasteiger partial charge in [0.2, 0.25) is 0 Å². The van der Waals surface area contributed by atoms with Crippen LogP contribution in [-0.2, 0) is 56.4 Å². The van der Waals surface area contributed by atoms with Crippen molar-refractivity contribution in [1.82, 2.24) is 36.8 Å². The molecule has 0 spiro atoms. The predicted molar refractivity (Wildman–Crippen MR) is 589 cm³/mol. The molecule has 8 aromatic heterocycles. The molecular weight excluding hydrogens is 1760 g/mol. The van der Waals surface area contributed by atoms with Crippen molar-refractivity contribution in [3.05, 3.63) is 408 Å². The molecule has 0 aliphatic heterocycles. The first-order chi connectivity index (χ1) is 69.2. The molecule has 16 heteroatoms. The van der Waals surface area contributed by atoms with E-state index < -0.39 is 0 Å². The number of hydrogen-bond donors (Lipinski definition) is 0. The summed E-state index contributed by atoms with van der Waals surface area (Å²) in [7, 11) is 17.1. The van der Waals surface area contributed by atoms with Crippen molar-refractivity contribution in [3.63, 3.8) is 0 Å². The Labute approximate surface area is 854 Å². The smallest absolute Gasteiger partial charge is 0.232 e. The second kappa shape index (κ2) is 42.2. The third-order valence-electron chi connectivity index (χ3n) is 29.4. The molecule has 12 aromatic carbocycles. The van der Waals surface area contributed by atoms with Gasteiger partial charge in [-0.2, -0.15) is 27.4 Å². The standard InChI is InChI=1S/C47H54N4.C39H50N4.C27H26N4.C15H18N4/c1-29(2)34-19-16-20-35(30(3)4)44(34)50-42-27-14-12-25-40(42)48(10)46(50)38-23-18-24-39(33(38)9)47-49(11)41-26-13-15-28-43(41)51(47)45-36(31(5)6)21-17-22-37(45)32(7)8;1-25(2)30-15-12-16-31(26(3)4)36(30)42-23-21-40(10)38(42)34-19-14-20-35(29(34)9)39-41(11)22-24-43(39)37-32(27(5)6)17-13-18-33(37)28(7)8;1-21-24(26-28(2)17-19-30(26)22-11-6-4-7-12-22)15-10-16-25(21)27-29(3)18-20-31(27)23-13-8-5-9-14-23;1-13-14(18-11-5-9-16(18)2)7-4-8-15(13)19-12-6-10-17(19)3/h12-32H,1-11H3;12-28H,1-11H3;4-20H,1-3H3;4-12H,1-3H3/q4*+2. The maximum Gasteiger partial charge on any atom is 0.295 e. The van der Waals surface area contributed by atoms with Gasteiger partial charge in [-0.15, -0.1) is 18.7 Å². The quantitative estimate of drug-likeness (QED) is 0.0607. The lowest BCUT2D eigenvalue weighted by Crippen LogP contribution is -2.38. The molecule has 0 aliphatic carbocycles. The van der Waals surface area contributed by atoms with E-state index in [9.17, 15) is 0 Å². The van der Waals surface area contributed by atoms with Gasteiger partial charge in [0.1, 0.15) is 95.1 Å². The average Bonchev–Trinajstić information content (AvgIpc) is 1.56. The molecule has 0 N–H and O–H groups in total. The monoisotopic (exact) mass is 1910 g/mol. The Morgan fingerprint density at radius 1 is 0.201 bits per heavy atom. The van der Waals surface area contributed by atoms with Crippen LogP contribution in [0.2, 0.25) is 0 Å². The van der Waals surface area contributed by atoms with Gasteiger partial charge in [-0.25, -0.2) is 27.4 Å². The van der Waals surface area contributed by atoms with Gasteiger partial charge in [-0.1, -0.05) is 269 Å². The zero-order valence-corrected chi connectivity index (χ0v) is 90.1. The lowest BCUT2D eigenvalue weighted by molar-refractivity contribution is -0.744. The van der Waals surface area contributed by atoms with Gasteiger partial charge < -0.3 is 0 Å². The van der Waals surface area contributed by atoms with Gasteiger partial charge >= 0.3 is 0 Å². The zero-order chi connectivity index (χ0) is 102. The maximum atomic E-state index is 2.56. The Morgan fingerprint density at radius 2 is 0.438 bits per heavy atom. The third kappa shape index (κ3) is 18.8. The summed E-state index contributed by atoms with van der Waals surface area (Å²) in [6.45, 7) is 45.9. The van der Waals surface area contributed by atoms with Gasteiger partial charge in [0, 0.05) is 62.2 Å². The van der Waals surface area contributed by atoms with E-state index in [1.54, 1.807) is 0 Å². The van der Waals surface area contributed by atoms with Crippen LogP contribution in [0.25, 0.3) is 136 Å². The highest BCUT2D eigenvalue weighted by atomic mass is 15.4. The Balaban J connectivity index is 0.000000138. The summed E-state index contributed by atoms with van der Waals surface area (Å²) in [5, 5.41) is 0. The first-order valence-electron chi connectivity index (χ1n) is 51.6. The highest BCUT2D eigenvalue weighted by molar-refractivity contribution is 5.86. The number of fused-ring (bicyclic) bond motifs is 2. The number of aromatic nitrogens is 16. The van der Waals surface area contributed by atoms with Crippen LogP contribution < -0.4 is 36.8 Å². The van der Waals surface area contributed by atoms with Crippen molar-refractivity contribution in [2.24, 2.45) is 56.4 Å². The van der Waals surface area contributed by atoms with Crippen molar-refractivity contribution in [1.29, 1.82) is 0 Å². The summed E-state index contributed by atoms with van der Waals surface area (Å²) in [6.07, 6.45) is 25.6. The van der Waals surface area contributed by atoms with Crippen LogP contribution in [0.3, 0.4) is 0 Å². The Kier molecular flexibility index (Phi) is 29.4. The lowest BCUT2D eigenvalue weighted by Gasteiger charge is -2.19. The first kappa shape index (κ1) is 100. The largest absolute Gasteiger partial charge is 0.295 e. The Morgan fingerprint density at radius 3 is 0.708 bits per heavy atom. The molecule has 0 saturated heterocycles.